The molecular formula is C22H29N5O5. The lowest BCUT2D eigenvalue weighted by molar-refractivity contribution is 0.0842. The Kier molecular flexibility index (Phi) is 6.73. The lowest BCUT2D eigenvalue weighted by Crippen LogP contribution is -2.48. The standard InChI is InChI=1S/C22H29N5O5/c1-31-11-9-27-20(23)19(21(29)24-22(27)30)17(28)14-26-7-5-25(6-8-26)13-15-2-3-18-16(12-15)4-10-32-18/h2-3,12H,4-11,13-14,23H2,1H3,(H,24,29,30). The number of benzene rings is 1. The highest BCUT2D eigenvalue weighted by molar-refractivity contribution is 6.01. The smallest absolute Gasteiger partial charge is 0.330 e. The predicted octanol–water partition coefficient (Wildman–Crippen LogP) is -0.299. The van der Waals surface area contributed by atoms with Crippen LogP contribution in [0, 0.1) is 0 Å². The Morgan fingerprint density at radius 2 is 1.94 bits per heavy atom. The molecule has 2 aliphatic heterocycles. The minimum atomic E-state index is -0.745. The zero-order valence-electron chi connectivity index (χ0n) is 18.3. The number of fused-ring (bicyclic) bond motifs is 1. The molecule has 10 heteroatoms. The second kappa shape index (κ2) is 9.68. The lowest BCUT2D eigenvalue weighted by Gasteiger charge is -2.34. The zero-order chi connectivity index (χ0) is 22.7. The number of nitrogens with zero attached hydrogens (tertiary/aromatic N) is 3. The van der Waals surface area contributed by atoms with Crippen molar-refractivity contribution in [3.8, 4) is 5.75 Å². The zero-order valence-corrected chi connectivity index (χ0v) is 18.3. The molecule has 0 saturated carbocycles. The molecule has 1 saturated heterocycles. The van der Waals surface area contributed by atoms with E-state index < -0.39 is 11.2 Å². The fraction of sp³-hybridized carbons (Fsp3) is 0.500. The van der Waals surface area contributed by atoms with Crippen LogP contribution in [0.4, 0.5) is 5.82 Å². The number of ether oxygens (including phenoxy) is 2. The molecule has 0 bridgehead atoms. The first kappa shape index (κ1) is 22.3. The molecule has 0 unspecified atom stereocenters. The Labute approximate surface area is 185 Å². The van der Waals surface area contributed by atoms with E-state index in [0.717, 1.165) is 43.0 Å². The highest BCUT2D eigenvalue weighted by Gasteiger charge is 2.24. The molecule has 32 heavy (non-hydrogen) atoms. The number of nitrogens with one attached hydrogen (secondary N) is 1. The number of hydrogen-bond donors (Lipinski definition) is 2. The molecule has 3 heterocycles. The molecule has 1 aromatic carbocycles. The summed E-state index contributed by atoms with van der Waals surface area (Å²) in [6.45, 7) is 5.14. The number of ketones is 1. The molecule has 1 aromatic heterocycles. The number of hydrogen-bond acceptors (Lipinski definition) is 8. The predicted molar refractivity (Wildman–Crippen MR) is 119 cm³/mol. The third kappa shape index (κ3) is 4.77. The number of piperazine rings is 1. The molecule has 10 nitrogen and oxygen atoms in total. The number of anilines is 1. The van der Waals surface area contributed by atoms with Crippen LogP contribution >= 0.6 is 0 Å². The van der Waals surface area contributed by atoms with E-state index in [9.17, 15) is 14.4 Å². The summed E-state index contributed by atoms with van der Waals surface area (Å²) >= 11 is 0. The van der Waals surface area contributed by atoms with Crippen molar-refractivity contribution in [1.29, 1.82) is 0 Å². The van der Waals surface area contributed by atoms with Gasteiger partial charge < -0.3 is 15.2 Å². The van der Waals surface area contributed by atoms with E-state index in [1.54, 1.807) is 0 Å². The summed E-state index contributed by atoms with van der Waals surface area (Å²) < 4.78 is 11.7. The number of aromatic amines is 1. The topological polar surface area (TPSA) is 123 Å². The van der Waals surface area contributed by atoms with Crippen LogP contribution in [0.2, 0.25) is 0 Å². The number of rotatable bonds is 8. The molecule has 0 amide bonds. The summed E-state index contributed by atoms with van der Waals surface area (Å²) in [5.74, 6) is 0.488. The maximum absolute atomic E-state index is 12.9. The number of methoxy groups -OCH3 is 1. The Morgan fingerprint density at radius 3 is 2.69 bits per heavy atom. The van der Waals surface area contributed by atoms with Gasteiger partial charge in [0, 0.05) is 46.3 Å². The van der Waals surface area contributed by atoms with Gasteiger partial charge in [-0.3, -0.25) is 28.9 Å². The van der Waals surface area contributed by atoms with Gasteiger partial charge in [0.2, 0.25) is 0 Å². The molecule has 0 aliphatic carbocycles. The van der Waals surface area contributed by atoms with E-state index in [2.05, 4.69) is 22.0 Å². The Balaban J connectivity index is 1.35. The minimum absolute atomic E-state index is 0.0831. The summed E-state index contributed by atoms with van der Waals surface area (Å²) in [5, 5.41) is 0. The van der Waals surface area contributed by atoms with Gasteiger partial charge in [-0.25, -0.2) is 4.79 Å². The molecule has 1 fully saturated rings. The van der Waals surface area contributed by atoms with Gasteiger partial charge in [0.1, 0.15) is 17.1 Å². The first-order chi connectivity index (χ1) is 15.5. The number of nitrogen functional groups attached to an aromatic ring is 1. The SMILES string of the molecule is COCCn1c(N)c(C(=O)CN2CCN(Cc3ccc4c(c3)CCO4)CC2)c(=O)[nH]c1=O. The molecule has 3 N–H and O–H groups in total. The van der Waals surface area contributed by atoms with Gasteiger partial charge >= 0.3 is 5.69 Å². The van der Waals surface area contributed by atoms with Crippen molar-refractivity contribution in [1.82, 2.24) is 19.4 Å². The lowest BCUT2D eigenvalue weighted by atomic mass is 10.1. The van der Waals surface area contributed by atoms with Crippen LogP contribution < -0.4 is 21.7 Å². The van der Waals surface area contributed by atoms with Crippen molar-refractivity contribution < 1.29 is 14.3 Å². The molecular weight excluding hydrogens is 414 g/mol. The van der Waals surface area contributed by atoms with Crippen molar-refractivity contribution in [2.45, 2.75) is 19.5 Å². The largest absolute Gasteiger partial charge is 0.493 e. The van der Waals surface area contributed by atoms with Gasteiger partial charge in [0.25, 0.3) is 5.56 Å². The van der Waals surface area contributed by atoms with E-state index in [1.807, 2.05) is 11.0 Å². The van der Waals surface area contributed by atoms with E-state index in [4.69, 9.17) is 15.2 Å². The average Bonchev–Trinajstić information content (AvgIpc) is 3.23. The molecule has 4 rings (SSSR count). The first-order valence-corrected chi connectivity index (χ1v) is 10.8. The number of H-pyrrole nitrogens is 1. The summed E-state index contributed by atoms with van der Waals surface area (Å²) in [7, 11) is 1.50. The second-order valence-electron chi connectivity index (χ2n) is 8.18. The number of carbonyl (C=O) groups excluding carboxylic acids is 1. The van der Waals surface area contributed by atoms with Gasteiger partial charge in [0.15, 0.2) is 5.78 Å². The Morgan fingerprint density at radius 1 is 1.19 bits per heavy atom. The third-order valence-corrected chi connectivity index (χ3v) is 6.03. The van der Waals surface area contributed by atoms with Crippen LogP contribution in [-0.4, -0.2) is 78.2 Å². The van der Waals surface area contributed by atoms with Crippen LogP contribution in [-0.2, 0) is 24.2 Å². The summed E-state index contributed by atoms with van der Waals surface area (Å²) in [6.07, 6.45) is 0.958. The van der Waals surface area contributed by atoms with E-state index in [1.165, 1.54) is 18.2 Å². The highest BCUT2D eigenvalue weighted by Crippen LogP contribution is 2.26. The summed E-state index contributed by atoms with van der Waals surface area (Å²) in [5.41, 5.74) is 6.98. The van der Waals surface area contributed by atoms with E-state index >= 15 is 0 Å². The molecule has 0 radical (unpaired) electrons. The van der Waals surface area contributed by atoms with Gasteiger partial charge in [-0.15, -0.1) is 0 Å². The molecule has 2 aromatic rings. The van der Waals surface area contributed by atoms with Gasteiger partial charge in [0.05, 0.1) is 26.3 Å². The van der Waals surface area contributed by atoms with Crippen molar-refractivity contribution in [2.24, 2.45) is 0 Å². The van der Waals surface area contributed by atoms with E-state index in [0.29, 0.717) is 13.1 Å². The quantitative estimate of drug-likeness (QED) is 0.533. The van der Waals surface area contributed by atoms with Crippen LogP contribution in [0.15, 0.2) is 27.8 Å². The highest BCUT2D eigenvalue weighted by atomic mass is 16.5. The van der Waals surface area contributed by atoms with Crippen LogP contribution in [0.3, 0.4) is 0 Å². The van der Waals surface area contributed by atoms with Crippen molar-refractivity contribution in [3.63, 3.8) is 0 Å². The van der Waals surface area contributed by atoms with Crippen molar-refractivity contribution in [2.75, 3.05) is 58.8 Å². The van der Waals surface area contributed by atoms with Crippen LogP contribution in [0.25, 0.3) is 0 Å². The average molecular weight is 444 g/mol. The fourth-order valence-electron chi connectivity index (χ4n) is 4.25. The molecule has 2 aliphatic rings. The summed E-state index contributed by atoms with van der Waals surface area (Å²) in [4.78, 5) is 43.7. The molecule has 0 spiro atoms. The normalized spacial score (nSPS) is 16.7. The van der Waals surface area contributed by atoms with Gasteiger partial charge in [-0.05, 0) is 17.2 Å². The van der Waals surface area contributed by atoms with Gasteiger partial charge in [-0.1, -0.05) is 12.1 Å². The first-order valence-electron chi connectivity index (χ1n) is 10.8. The number of aromatic nitrogens is 2. The summed E-state index contributed by atoms with van der Waals surface area (Å²) in [6, 6.07) is 6.36. The minimum Gasteiger partial charge on any atom is -0.493 e. The number of nitrogens with two attached hydrogens (primary N) is 1. The van der Waals surface area contributed by atoms with Crippen molar-refractivity contribution >= 4 is 11.6 Å². The Bertz CT molecular complexity index is 1100. The third-order valence-electron chi connectivity index (χ3n) is 6.03. The monoisotopic (exact) mass is 443 g/mol. The maximum Gasteiger partial charge on any atom is 0.330 e. The van der Waals surface area contributed by atoms with Crippen LogP contribution in [0.1, 0.15) is 21.5 Å². The van der Waals surface area contributed by atoms with Crippen molar-refractivity contribution in [3.05, 3.63) is 55.7 Å². The fourth-order valence-corrected chi connectivity index (χ4v) is 4.25. The van der Waals surface area contributed by atoms with Gasteiger partial charge in [-0.2, -0.15) is 0 Å². The maximum atomic E-state index is 12.9. The number of Topliss-reactive ketones (excluding diaryl/α,β-unsaturated/α-hetero) is 1. The second-order valence-corrected chi connectivity index (χ2v) is 8.18. The number of carbonyl (C=O) groups is 1. The van der Waals surface area contributed by atoms with E-state index in [-0.39, 0.29) is 36.9 Å². The van der Waals surface area contributed by atoms with Crippen LogP contribution in [0.5, 0.6) is 5.75 Å². The Hall–Kier alpha value is -2.95. The molecule has 172 valence electrons. The molecule has 0 atom stereocenters.